The Morgan fingerprint density at radius 3 is 2.29 bits per heavy atom. The molecule has 0 fully saturated rings. The first kappa shape index (κ1) is 17.7. The van der Waals surface area contributed by atoms with Gasteiger partial charge < -0.3 is 10.4 Å². The zero-order chi connectivity index (χ0) is 15.3. The molecule has 0 aliphatic carbocycles. The highest BCUT2D eigenvalue weighted by atomic mass is 16.4. The Morgan fingerprint density at radius 2 is 1.62 bits per heavy atom. The van der Waals surface area contributed by atoms with Crippen molar-refractivity contribution >= 4 is 5.97 Å². The van der Waals surface area contributed by atoms with Gasteiger partial charge in [0.25, 0.3) is 0 Å². The van der Waals surface area contributed by atoms with Gasteiger partial charge in [-0.2, -0.15) is 0 Å². The van der Waals surface area contributed by atoms with Crippen LogP contribution in [0.5, 0.6) is 0 Å². The molecule has 0 aliphatic heterocycles. The quantitative estimate of drug-likeness (QED) is 0.553. The minimum atomic E-state index is -0.848. The third-order valence-corrected chi connectivity index (χ3v) is 3.77. The minimum Gasteiger partial charge on any atom is -0.478 e. The van der Waals surface area contributed by atoms with E-state index in [4.69, 9.17) is 5.11 Å². The Kier molecular flexibility index (Phi) is 9.55. The molecular weight excluding hydrogens is 262 g/mol. The van der Waals surface area contributed by atoms with Crippen LogP contribution in [0, 0.1) is 0 Å². The van der Waals surface area contributed by atoms with Gasteiger partial charge in [0.05, 0.1) is 5.56 Å². The van der Waals surface area contributed by atoms with Gasteiger partial charge in [-0.05, 0) is 24.6 Å². The van der Waals surface area contributed by atoms with Gasteiger partial charge in [0.2, 0.25) is 0 Å². The molecule has 0 atom stereocenters. The lowest BCUT2D eigenvalue weighted by Gasteiger charge is -2.07. The number of unbranched alkanes of at least 4 members (excludes halogenated alkanes) is 7. The molecule has 2 N–H and O–H groups in total. The first-order valence-electron chi connectivity index (χ1n) is 8.27. The average molecular weight is 291 g/mol. The van der Waals surface area contributed by atoms with E-state index in [2.05, 4.69) is 12.2 Å². The fourth-order valence-corrected chi connectivity index (χ4v) is 2.49. The van der Waals surface area contributed by atoms with E-state index in [0.717, 1.165) is 12.1 Å². The maximum absolute atomic E-state index is 11.1. The van der Waals surface area contributed by atoms with Crippen molar-refractivity contribution < 1.29 is 9.90 Å². The molecule has 0 bridgehead atoms. The van der Waals surface area contributed by atoms with Crippen LogP contribution >= 0.6 is 0 Å². The SMILES string of the molecule is CCCCCCCCCCNCc1ccccc1C(=O)O. The summed E-state index contributed by atoms with van der Waals surface area (Å²) in [7, 11) is 0. The maximum Gasteiger partial charge on any atom is 0.336 e. The molecule has 3 nitrogen and oxygen atoms in total. The van der Waals surface area contributed by atoms with Crippen molar-refractivity contribution in [2.24, 2.45) is 0 Å². The van der Waals surface area contributed by atoms with Gasteiger partial charge in [-0.25, -0.2) is 4.79 Å². The Morgan fingerprint density at radius 1 is 1.00 bits per heavy atom. The fraction of sp³-hybridized carbons (Fsp3) is 0.611. The van der Waals surface area contributed by atoms with Crippen molar-refractivity contribution in [2.45, 2.75) is 64.8 Å². The molecule has 0 saturated carbocycles. The highest BCUT2D eigenvalue weighted by Gasteiger charge is 2.07. The zero-order valence-corrected chi connectivity index (χ0v) is 13.2. The molecule has 0 spiro atoms. The summed E-state index contributed by atoms with van der Waals surface area (Å²) in [5.74, 6) is -0.848. The molecule has 118 valence electrons. The molecule has 0 aliphatic rings. The van der Waals surface area contributed by atoms with E-state index in [1.807, 2.05) is 12.1 Å². The lowest BCUT2D eigenvalue weighted by Crippen LogP contribution is -2.17. The van der Waals surface area contributed by atoms with Gasteiger partial charge in [0.15, 0.2) is 0 Å². The van der Waals surface area contributed by atoms with E-state index in [-0.39, 0.29) is 0 Å². The normalized spacial score (nSPS) is 10.7. The van der Waals surface area contributed by atoms with E-state index in [1.54, 1.807) is 12.1 Å². The molecular formula is C18H29NO2. The maximum atomic E-state index is 11.1. The van der Waals surface area contributed by atoms with Gasteiger partial charge in [-0.1, -0.05) is 70.1 Å². The van der Waals surface area contributed by atoms with Gasteiger partial charge in [-0.15, -0.1) is 0 Å². The van der Waals surface area contributed by atoms with Crippen molar-refractivity contribution in [2.75, 3.05) is 6.54 Å². The topological polar surface area (TPSA) is 49.3 Å². The van der Waals surface area contributed by atoms with E-state index < -0.39 is 5.97 Å². The van der Waals surface area contributed by atoms with Crippen LogP contribution in [0.25, 0.3) is 0 Å². The molecule has 0 saturated heterocycles. The number of carboxylic acids is 1. The largest absolute Gasteiger partial charge is 0.478 e. The van der Waals surface area contributed by atoms with Crippen LogP contribution in [0.15, 0.2) is 24.3 Å². The fourth-order valence-electron chi connectivity index (χ4n) is 2.49. The molecule has 0 amide bonds. The zero-order valence-electron chi connectivity index (χ0n) is 13.2. The summed E-state index contributed by atoms with van der Waals surface area (Å²) in [4.78, 5) is 11.1. The van der Waals surface area contributed by atoms with Crippen molar-refractivity contribution in [3.8, 4) is 0 Å². The summed E-state index contributed by atoms with van der Waals surface area (Å²) in [6.45, 7) is 3.84. The number of carbonyl (C=O) groups is 1. The second-order valence-electron chi connectivity index (χ2n) is 5.61. The van der Waals surface area contributed by atoms with Crippen LogP contribution in [0.1, 0.15) is 74.2 Å². The summed E-state index contributed by atoms with van der Waals surface area (Å²) in [6.07, 6.45) is 10.5. The van der Waals surface area contributed by atoms with Crippen LogP contribution in [0.3, 0.4) is 0 Å². The van der Waals surface area contributed by atoms with E-state index in [1.165, 1.54) is 51.4 Å². The number of hydrogen-bond acceptors (Lipinski definition) is 2. The molecule has 1 aromatic rings. The molecule has 21 heavy (non-hydrogen) atoms. The lowest BCUT2D eigenvalue weighted by molar-refractivity contribution is 0.0695. The second kappa shape index (κ2) is 11.3. The molecule has 0 unspecified atom stereocenters. The highest BCUT2D eigenvalue weighted by molar-refractivity contribution is 5.89. The second-order valence-corrected chi connectivity index (χ2v) is 5.61. The molecule has 0 heterocycles. The van der Waals surface area contributed by atoms with Gasteiger partial charge in [0.1, 0.15) is 0 Å². The number of carboxylic acid groups (broad SMARTS) is 1. The van der Waals surface area contributed by atoms with Crippen LogP contribution in [-0.2, 0) is 6.54 Å². The third-order valence-electron chi connectivity index (χ3n) is 3.77. The van der Waals surface area contributed by atoms with E-state index in [9.17, 15) is 4.79 Å². The number of aromatic carboxylic acids is 1. The predicted octanol–water partition coefficient (Wildman–Crippen LogP) is 4.62. The third kappa shape index (κ3) is 7.86. The summed E-state index contributed by atoms with van der Waals surface area (Å²) in [5, 5.41) is 12.4. The minimum absolute atomic E-state index is 0.404. The van der Waals surface area contributed by atoms with Gasteiger partial charge in [0, 0.05) is 6.54 Å². The summed E-state index contributed by atoms with van der Waals surface area (Å²) < 4.78 is 0. The number of rotatable bonds is 12. The Hall–Kier alpha value is -1.35. The van der Waals surface area contributed by atoms with Crippen molar-refractivity contribution in [3.05, 3.63) is 35.4 Å². The number of nitrogens with one attached hydrogen (secondary N) is 1. The summed E-state index contributed by atoms with van der Waals surface area (Å²) >= 11 is 0. The average Bonchev–Trinajstić information content (AvgIpc) is 2.49. The lowest BCUT2D eigenvalue weighted by atomic mass is 10.1. The first-order chi connectivity index (χ1) is 10.3. The van der Waals surface area contributed by atoms with Crippen molar-refractivity contribution in [3.63, 3.8) is 0 Å². The Balaban J connectivity index is 2.06. The van der Waals surface area contributed by atoms with E-state index >= 15 is 0 Å². The van der Waals surface area contributed by atoms with Gasteiger partial charge in [-0.3, -0.25) is 0 Å². The number of hydrogen-bond donors (Lipinski definition) is 2. The standard InChI is InChI=1S/C18H29NO2/c1-2-3-4-5-6-7-8-11-14-19-15-16-12-9-10-13-17(16)18(20)21/h9-10,12-13,19H,2-8,11,14-15H2,1H3,(H,20,21). The van der Waals surface area contributed by atoms with Crippen molar-refractivity contribution in [1.82, 2.24) is 5.32 Å². The highest BCUT2D eigenvalue weighted by Crippen LogP contribution is 2.09. The predicted molar refractivity (Wildman–Crippen MR) is 87.7 cm³/mol. The Labute approximate surface area is 128 Å². The summed E-state index contributed by atoms with van der Waals surface area (Å²) in [6, 6.07) is 7.20. The van der Waals surface area contributed by atoms with Crippen LogP contribution in [0.2, 0.25) is 0 Å². The number of benzene rings is 1. The van der Waals surface area contributed by atoms with Crippen LogP contribution < -0.4 is 5.32 Å². The molecule has 0 radical (unpaired) electrons. The first-order valence-corrected chi connectivity index (χ1v) is 8.27. The molecule has 0 aromatic heterocycles. The smallest absolute Gasteiger partial charge is 0.336 e. The van der Waals surface area contributed by atoms with Crippen LogP contribution in [-0.4, -0.2) is 17.6 Å². The monoisotopic (exact) mass is 291 g/mol. The molecule has 1 rings (SSSR count). The van der Waals surface area contributed by atoms with Crippen molar-refractivity contribution in [1.29, 1.82) is 0 Å². The molecule has 3 heteroatoms. The van der Waals surface area contributed by atoms with E-state index in [0.29, 0.717) is 12.1 Å². The molecule has 1 aromatic carbocycles. The van der Waals surface area contributed by atoms with Gasteiger partial charge >= 0.3 is 5.97 Å². The Bertz CT molecular complexity index is 404. The summed E-state index contributed by atoms with van der Waals surface area (Å²) in [5.41, 5.74) is 1.27. The van der Waals surface area contributed by atoms with Crippen LogP contribution in [0.4, 0.5) is 0 Å².